The fourth-order valence-electron chi connectivity index (χ4n) is 3.65. The minimum atomic E-state index is 0. The predicted octanol–water partition coefficient (Wildman–Crippen LogP) is 4.74. The number of halogens is 1. The van der Waals surface area contributed by atoms with Gasteiger partial charge in [-0.15, -0.1) is 35.3 Å². The predicted molar refractivity (Wildman–Crippen MR) is 141 cm³/mol. The summed E-state index contributed by atoms with van der Waals surface area (Å²) in [4.78, 5) is 12.6. The van der Waals surface area contributed by atoms with Crippen molar-refractivity contribution in [1.82, 2.24) is 15.6 Å². The van der Waals surface area contributed by atoms with Gasteiger partial charge in [-0.1, -0.05) is 32.9 Å². The third kappa shape index (κ3) is 7.11. The average molecular weight is 542 g/mol. The Bertz CT molecular complexity index is 802. The third-order valence-corrected chi connectivity index (χ3v) is 6.43. The van der Waals surface area contributed by atoms with Gasteiger partial charge >= 0.3 is 0 Å². The summed E-state index contributed by atoms with van der Waals surface area (Å²) >= 11 is 1.77. The van der Waals surface area contributed by atoms with Crippen molar-refractivity contribution in [2.45, 2.75) is 58.4 Å². The molecule has 0 atom stereocenters. The minimum Gasteiger partial charge on any atom is -0.371 e. The van der Waals surface area contributed by atoms with Crippen molar-refractivity contribution < 1.29 is 0 Å². The molecule has 0 radical (unpaired) electrons. The summed E-state index contributed by atoms with van der Waals surface area (Å²) in [6, 6.07) is 9.56. The second-order valence-corrected chi connectivity index (χ2v) is 10.1. The molecule has 3 rings (SSSR count). The lowest BCUT2D eigenvalue weighted by molar-refractivity contribution is 0.461. The molecule has 1 fully saturated rings. The van der Waals surface area contributed by atoms with Gasteiger partial charge in [0.05, 0.1) is 5.01 Å². The van der Waals surface area contributed by atoms with Crippen molar-refractivity contribution in [2.24, 2.45) is 4.99 Å². The zero-order chi connectivity index (χ0) is 20.9. The molecule has 2 N–H and O–H groups in total. The lowest BCUT2D eigenvalue weighted by atomic mass is 9.87. The van der Waals surface area contributed by atoms with Gasteiger partial charge in [0.2, 0.25) is 0 Å². The number of nitrogens with one attached hydrogen (secondary N) is 2. The summed E-state index contributed by atoms with van der Waals surface area (Å²) in [5.74, 6) is 0.895. The number of benzene rings is 1. The molecule has 166 valence electrons. The van der Waals surface area contributed by atoms with E-state index in [1.165, 1.54) is 21.1 Å². The molecule has 5 nitrogen and oxygen atoms in total. The van der Waals surface area contributed by atoms with Crippen LogP contribution in [0, 0.1) is 6.92 Å². The van der Waals surface area contributed by atoms with Crippen molar-refractivity contribution in [1.29, 1.82) is 0 Å². The molecule has 0 aliphatic carbocycles. The van der Waals surface area contributed by atoms with Gasteiger partial charge in [0, 0.05) is 55.9 Å². The summed E-state index contributed by atoms with van der Waals surface area (Å²) in [5, 5.41) is 8.20. The van der Waals surface area contributed by atoms with E-state index >= 15 is 0 Å². The molecular weight excluding hydrogens is 505 g/mol. The number of aromatic nitrogens is 1. The van der Waals surface area contributed by atoms with E-state index in [9.17, 15) is 0 Å². The topological polar surface area (TPSA) is 52.6 Å². The maximum absolute atomic E-state index is 4.42. The maximum atomic E-state index is 4.42. The van der Waals surface area contributed by atoms with Crippen LogP contribution in [0.15, 0.2) is 35.5 Å². The summed E-state index contributed by atoms with van der Waals surface area (Å²) in [7, 11) is 1.84. The Hall–Kier alpha value is -1.35. The Morgan fingerprint density at radius 3 is 2.40 bits per heavy atom. The van der Waals surface area contributed by atoms with Crippen molar-refractivity contribution in [3.05, 3.63) is 45.9 Å². The van der Waals surface area contributed by atoms with Gasteiger partial charge < -0.3 is 15.5 Å². The monoisotopic (exact) mass is 541 g/mol. The van der Waals surface area contributed by atoms with Crippen molar-refractivity contribution in [3.63, 3.8) is 0 Å². The van der Waals surface area contributed by atoms with Crippen LogP contribution >= 0.6 is 35.3 Å². The highest BCUT2D eigenvalue weighted by Crippen LogP contribution is 2.26. The summed E-state index contributed by atoms with van der Waals surface area (Å²) in [5.41, 5.74) is 2.93. The fraction of sp³-hybridized carbons (Fsp3) is 0.565. The standard InChI is InChI=1S/C23H35N5S.HI/c1-17-16-26-21(29-17)10-13-25-22(24-5)27-19-11-14-28(15-12-19)20-8-6-18(7-9-20)23(2,3)4;/h6-9,16,19H,10-15H2,1-5H3,(H2,24,25,27);1H. The lowest BCUT2D eigenvalue weighted by Crippen LogP contribution is -2.49. The first kappa shape index (κ1) is 24.9. The molecule has 1 aromatic carbocycles. The minimum absolute atomic E-state index is 0. The lowest BCUT2D eigenvalue weighted by Gasteiger charge is -2.35. The zero-order valence-corrected chi connectivity index (χ0v) is 22.0. The van der Waals surface area contributed by atoms with Crippen LogP contribution in [0.2, 0.25) is 0 Å². The smallest absolute Gasteiger partial charge is 0.191 e. The molecule has 7 heteroatoms. The highest BCUT2D eigenvalue weighted by atomic mass is 127. The van der Waals surface area contributed by atoms with E-state index in [0.717, 1.165) is 44.9 Å². The third-order valence-electron chi connectivity index (χ3n) is 5.46. The molecule has 0 spiro atoms. The van der Waals surface area contributed by atoms with Crippen LogP contribution < -0.4 is 15.5 Å². The Labute approximate surface area is 202 Å². The Morgan fingerprint density at radius 2 is 1.87 bits per heavy atom. The molecule has 0 bridgehead atoms. The molecular formula is C23H36IN5S. The number of guanidine groups is 1. The van der Waals surface area contributed by atoms with Crippen LogP contribution in [0.4, 0.5) is 5.69 Å². The quantitative estimate of drug-likeness (QED) is 0.326. The Morgan fingerprint density at radius 1 is 1.20 bits per heavy atom. The number of hydrogen-bond donors (Lipinski definition) is 2. The van der Waals surface area contributed by atoms with Crippen LogP contribution in [-0.4, -0.2) is 43.7 Å². The van der Waals surface area contributed by atoms with Crippen molar-refractivity contribution in [2.75, 3.05) is 31.6 Å². The normalized spacial score (nSPS) is 15.6. The van der Waals surface area contributed by atoms with E-state index in [4.69, 9.17) is 0 Å². The van der Waals surface area contributed by atoms with Crippen molar-refractivity contribution in [3.8, 4) is 0 Å². The van der Waals surface area contributed by atoms with E-state index in [-0.39, 0.29) is 29.4 Å². The first-order valence-corrected chi connectivity index (χ1v) is 11.4. The van der Waals surface area contributed by atoms with Crippen LogP contribution in [-0.2, 0) is 11.8 Å². The van der Waals surface area contributed by atoms with Crippen LogP contribution in [0.5, 0.6) is 0 Å². The number of nitrogens with zero attached hydrogens (tertiary/aromatic N) is 3. The highest BCUT2D eigenvalue weighted by Gasteiger charge is 2.21. The fourth-order valence-corrected chi connectivity index (χ4v) is 4.43. The molecule has 2 aromatic rings. The number of anilines is 1. The molecule has 1 saturated heterocycles. The summed E-state index contributed by atoms with van der Waals surface area (Å²) in [6.45, 7) is 11.9. The van der Waals surface area contributed by atoms with E-state index < -0.39 is 0 Å². The largest absolute Gasteiger partial charge is 0.371 e. The highest BCUT2D eigenvalue weighted by molar-refractivity contribution is 14.0. The summed E-state index contributed by atoms with van der Waals surface area (Å²) < 4.78 is 0. The zero-order valence-electron chi connectivity index (χ0n) is 18.9. The molecule has 1 aliphatic heterocycles. The molecule has 1 aromatic heterocycles. The Kier molecular flexibility index (Phi) is 9.40. The second-order valence-electron chi connectivity index (χ2n) is 8.82. The van der Waals surface area contributed by atoms with E-state index in [0.29, 0.717) is 6.04 Å². The summed E-state index contributed by atoms with van der Waals surface area (Å²) in [6.07, 6.45) is 5.11. The van der Waals surface area contributed by atoms with Crippen LogP contribution in [0.1, 0.15) is 49.1 Å². The molecule has 30 heavy (non-hydrogen) atoms. The van der Waals surface area contributed by atoms with Gasteiger partial charge in [-0.05, 0) is 42.9 Å². The number of aryl methyl sites for hydroxylation is 1. The van der Waals surface area contributed by atoms with Crippen LogP contribution in [0.25, 0.3) is 0 Å². The van der Waals surface area contributed by atoms with Crippen LogP contribution in [0.3, 0.4) is 0 Å². The SMILES string of the molecule is CN=C(NCCc1ncc(C)s1)NC1CCN(c2ccc(C(C)(C)C)cc2)CC1.I. The number of hydrogen-bond acceptors (Lipinski definition) is 4. The second kappa shape index (κ2) is 11.3. The maximum Gasteiger partial charge on any atom is 0.191 e. The number of rotatable bonds is 5. The number of thiazole rings is 1. The van der Waals surface area contributed by atoms with Gasteiger partial charge in [-0.3, -0.25) is 4.99 Å². The van der Waals surface area contributed by atoms with E-state index in [1.807, 2.05) is 13.2 Å². The van der Waals surface area contributed by atoms with Gasteiger partial charge in [0.15, 0.2) is 5.96 Å². The number of piperidine rings is 1. The van der Waals surface area contributed by atoms with E-state index in [2.05, 4.69) is 77.5 Å². The molecule has 0 amide bonds. The number of aliphatic imine (C=N–C) groups is 1. The first-order chi connectivity index (χ1) is 13.8. The molecule has 0 saturated carbocycles. The molecule has 1 aliphatic rings. The van der Waals surface area contributed by atoms with Gasteiger partial charge in [0.1, 0.15) is 0 Å². The first-order valence-electron chi connectivity index (χ1n) is 10.6. The average Bonchev–Trinajstić information content (AvgIpc) is 3.12. The molecule has 2 heterocycles. The van der Waals surface area contributed by atoms with Crippen molar-refractivity contribution >= 4 is 47.0 Å². The molecule has 0 unspecified atom stereocenters. The van der Waals surface area contributed by atoms with Gasteiger partial charge in [-0.2, -0.15) is 0 Å². The van der Waals surface area contributed by atoms with Gasteiger partial charge in [-0.25, -0.2) is 4.98 Å². The Balaban J connectivity index is 0.00000320. The van der Waals surface area contributed by atoms with Gasteiger partial charge in [0.25, 0.3) is 0 Å². The van der Waals surface area contributed by atoms with E-state index in [1.54, 1.807) is 11.3 Å².